The summed E-state index contributed by atoms with van der Waals surface area (Å²) in [5, 5.41) is 3.27. The largest absolute Gasteiger partial charge is 0.356 e. The lowest BCUT2D eigenvalue weighted by atomic mass is 9.98. The van der Waals surface area contributed by atoms with Gasteiger partial charge in [-0.15, -0.1) is 0 Å². The van der Waals surface area contributed by atoms with Gasteiger partial charge in [0.25, 0.3) is 0 Å². The van der Waals surface area contributed by atoms with Gasteiger partial charge in [0, 0.05) is 24.8 Å². The molecule has 1 aromatic heterocycles. The van der Waals surface area contributed by atoms with E-state index in [0.29, 0.717) is 0 Å². The van der Waals surface area contributed by atoms with Crippen LogP contribution in [0, 0.1) is 5.92 Å². The van der Waals surface area contributed by atoms with Gasteiger partial charge in [0.05, 0.1) is 0 Å². The summed E-state index contributed by atoms with van der Waals surface area (Å²) in [6, 6.07) is 2.13. The number of nitrogens with one attached hydrogen (secondary N) is 1. The third kappa shape index (κ3) is 3.16. The first-order valence-electron chi connectivity index (χ1n) is 6.54. The van der Waals surface area contributed by atoms with Crippen LogP contribution in [0.15, 0.2) is 12.4 Å². The summed E-state index contributed by atoms with van der Waals surface area (Å²) in [6.07, 6.45) is 5.25. The van der Waals surface area contributed by atoms with Crippen molar-refractivity contribution in [2.45, 2.75) is 26.2 Å². The Hall–Kier alpha value is -1.16. The van der Waals surface area contributed by atoms with E-state index in [1.165, 1.54) is 12.8 Å². The van der Waals surface area contributed by atoms with Gasteiger partial charge in [-0.1, -0.05) is 6.92 Å². The molecule has 2 heterocycles. The molecule has 1 atom stereocenters. The molecule has 4 heteroatoms. The third-order valence-electron chi connectivity index (χ3n) is 3.41. The van der Waals surface area contributed by atoms with E-state index in [-0.39, 0.29) is 0 Å². The highest BCUT2D eigenvalue weighted by atomic mass is 15.2. The number of hydrogen-bond donors (Lipinski definition) is 1. The zero-order valence-corrected chi connectivity index (χ0v) is 10.8. The predicted molar refractivity (Wildman–Crippen MR) is 70.3 cm³/mol. The minimum absolute atomic E-state index is 0.744. The highest BCUT2D eigenvalue weighted by Gasteiger charge is 2.20. The van der Waals surface area contributed by atoms with Crippen molar-refractivity contribution in [3.05, 3.63) is 18.1 Å². The zero-order valence-electron chi connectivity index (χ0n) is 10.8. The van der Waals surface area contributed by atoms with Crippen LogP contribution in [0.1, 0.15) is 25.5 Å². The molecule has 0 spiro atoms. The molecule has 0 bridgehead atoms. The molecule has 1 saturated heterocycles. The summed E-state index contributed by atoms with van der Waals surface area (Å²) in [5.41, 5.74) is 1.13. The average molecular weight is 234 g/mol. The first-order valence-corrected chi connectivity index (χ1v) is 6.54. The van der Waals surface area contributed by atoms with E-state index < -0.39 is 0 Å². The quantitative estimate of drug-likeness (QED) is 0.856. The van der Waals surface area contributed by atoms with Crippen molar-refractivity contribution in [2.75, 3.05) is 31.6 Å². The minimum Gasteiger partial charge on any atom is -0.356 e. The van der Waals surface area contributed by atoms with Gasteiger partial charge in [0.1, 0.15) is 12.1 Å². The average Bonchev–Trinajstić information content (AvgIpc) is 2.40. The predicted octanol–water partition coefficient (Wildman–Crippen LogP) is 1.47. The number of nitrogens with zero attached hydrogens (tertiary/aromatic N) is 3. The lowest BCUT2D eigenvalue weighted by molar-refractivity contribution is 0.401. The first kappa shape index (κ1) is 12.3. The van der Waals surface area contributed by atoms with Crippen molar-refractivity contribution in [1.29, 1.82) is 0 Å². The molecule has 0 saturated carbocycles. The molecule has 0 amide bonds. The van der Waals surface area contributed by atoms with Crippen molar-refractivity contribution in [1.82, 2.24) is 15.3 Å². The second-order valence-corrected chi connectivity index (χ2v) is 4.73. The van der Waals surface area contributed by atoms with Crippen LogP contribution in [0.25, 0.3) is 0 Å². The molecule has 1 aromatic rings. The van der Waals surface area contributed by atoms with Gasteiger partial charge in [-0.3, -0.25) is 0 Å². The molecule has 1 unspecified atom stereocenters. The Morgan fingerprint density at radius 1 is 1.47 bits per heavy atom. The van der Waals surface area contributed by atoms with Crippen LogP contribution in [0.4, 0.5) is 5.82 Å². The van der Waals surface area contributed by atoms with Crippen LogP contribution < -0.4 is 10.2 Å². The maximum absolute atomic E-state index is 4.40. The lowest BCUT2D eigenvalue weighted by Crippen LogP contribution is -2.39. The molecule has 1 aliphatic rings. The Morgan fingerprint density at radius 3 is 3.12 bits per heavy atom. The summed E-state index contributed by atoms with van der Waals surface area (Å²) < 4.78 is 0. The minimum atomic E-state index is 0.744. The van der Waals surface area contributed by atoms with Crippen LogP contribution >= 0.6 is 0 Å². The van der Waals surface area contributed by atoms with Crippen molar-refractivity contribution in [3.8, 4) is 0 Å². The summed E-state index contributed by atoms with van der Waals surface area (Å²) >= 11 is 0. The second kappa shape index (κ2) is 5.96. The maximum atomic E-state index is 4.40. The topological polar surface area (TPSA) is 41.0 Å². The van der Waals surface area contributed by atoms with Crippen molar-refractivity contribution in [3.63, 3.8) is 0 Å². The van der Waals surface area contributed by atoms with Crippen LogP contribution in [0.2, 0.25) is 0 Å². The maximum Gasteiger partial charge on any atom is 0.132 e. The summed E-state index contributed by atoms with van der Waals surface area (Å²) in [7, 11) is 2.03. The zero-order chi connectivity index (χ0) is 12.1. The summed E-state index contributed by atoms with van der Waals surface area (Å²) in [5.74, 6) is 1.84. The highest BCUT2D eigenvalue weighted by Crippen LogP contribution is 2.21. The normalized spacial score (nSPS) is 20.6. The molecule has 0 aromatic carbocycles. The highest BCUT2D eigenvalue weighted by molar-refractivity contribution is 5.39. The van der Waals surface area contributed by atoms with Gasteiger partial charge >= 0.3 is 0 Å². The molecule has 1 aliphatic heterocycles. The van der Waals surface area contributed by atoms with Gasteiger partial charge in [-0.2, -0.15) is 0 Å². The smallest absolute Gasteiger partial charge is 0.132 e. The summed E-state index contributed by atoms with van der Waals surface area (Å²) in [6.45, 7) is 5.47. The van der Waals surface area contributed by atoms with Gasteiger partial charge in [0.2, 0.25) is 0 Å². The van der Waals surface area contributed by atoms with Crippen molar-refractivity contribution in [2.24, 2.45) is 5.92 Å². The van der Waals surface area contributed by atoms with E-state index in [4.69, 9.17) is 0 Å². The molecule has 17 heavy (non-hydrogen) atoms. The number of hydrogen-bond acceptors (Lipinski definition) is 4. The monoisotopic (exact) mass is 234 g/mol. The fraction of sp³-hybridized carbons (Fsp3) is 0.692. The number of aromatic nitrogens is 2. The Balaban J connectivity index is 2.05. The number of anilines is 1. The van der Waals surface area contributed by atoms with Crippen molar-refractivity contribution < 1.29 is 0 Å². The molecular formula is C13H22N4. The van der Waals surface area contributed by atoms with E-state index in [9.17, 15) is 0 Å². The first-order chi connectivity index (χ1) is 8.33. The molecule has 94 valence electrons. The molecular weight excluding hydrogens is 212 g/mol. The number of aryl methyl sites for hydroxylation is 1. The van der Waals surface area contributed by atoms with Crippen LogP contribution in [-0.2, 0) is 6.42 Å². The molecule has 4 nitrogen and oxygen atoms in total. The Bertz CT molecular complexity index is 351. The standard InChI is InChI=1S/C13H22N4/c1-3-12-7-13(16-10-15-12)17-6-4-5-11(9-17)8-14-2/h7,10-11,14H,3-6,8-9H2,1-2H3. The Morgan fingerprint density at radius 2 is 2.35 bits per heavy atom. The van der Waals surface area contributed by atoms with E-state index in [1.807, 2.05) is 7.05 Å². The van der Waals surface area contributed by atoms with E-state index in [1.54, 1.807) is 6.33 Å². The fourth-order valence-corrected chi connectivity index (χ4v) is 2.48. The Kier molecular flexibility index (Phi) is 4.31. The van der Waals surface area contributed by atoms with Crippen molar-refractivity contribution >= 4 is 5.82 Å². The Labute approximate surface area is 103 Å². The number of piperidine rings is 1. The van der Waals surface area contributed by atoms with E-state index >= 15 is 0 Å². The van der Waals surface area contributed by atoms with Crippen LogP contribution in [0.3, 0.4) is 0 Å². The molecule has 2 rings (SSSR count). The molecule has 1 N–H and O–H groups in total. The fourth-order valence-electron chi connectivity index (χ4n) is 2.48. The third-order valence-corrected chi connectivity index (χ3v) is 3.41. The van der Waals surface area contributed by atoms with Crippen LogP contribution in [-0.4, -0.2) is 36.6 Å². The second-order valence-electron chi connectivity index (χ2n) is 4.73. The lowest BCUT2D eigenvalue weighted by Gasteiger charge is -2.33. The van der Waals surface area contributed by atoms with E-state index in [2.05, 4.69) is 33.2 Å². The number of rotatable bonds is 4. The van der Waals surface area contributed by atoms with E-state index in [0.717, 1.165) is 43.5 Å². The SMILES string of the molecule is CCc1cc(N2CCCC(CNC)C2)ncn1. The molecule has 0 radical (unpaired) electrons. The molecule has 0 aliphatic carbocycles. The van der Waals surface area contributed by atoms with Gasteiger partial charge in [0.15, 0.2) is 0 Å². The van der Waals surface area contributed by atoms with Gasteiger partial charge in [-0.05, 0) is 38.8 Å². The van der Waals surface area contributed by atoms with Crippen LogP contribution in [0.5, 0.6) is 0 Å². The van der Waals surface area contributed by atoms with Gasteiger partial charge in [-0.25, -0.2) is 9.97 Å². The van der Waals surface area contributed by atoms with Gasteiger partial charge < -0.3 is 10.2 Å². The summed E-state index contributed by atoms with van der Waals surface area (Å²) in [4.78, 5) is 11.1. The molecule has 1 fully saturated rings.